The summed E-state index contributed by atoms with van der Waals surface area (Å²) in [6.07, 6.45) is -0.760. The predicted molar refractivity (Wildman–Crippen MR) is 124 cm³/mol. The van der Waals surface area contributed by atoms with Gasteiger partial charge in [0.2, 0.25) is 0 Å². The molecule has 0 bridgehead atoms. The van der Waals surface area contributed by atoms with Crippen LogP contribution in [0.3, 0.4) is 0 Å². The van der Waals surface area contributed by atoms with E-state index in [1.807, 2.05) is 24.3 Å². The monoisotopic (exact) mass is 450 g/mol. The van der Waals surface area contributed by atoms with Crippen molar-refractivity contribution in [2.75, 3.05) is 36.5 Å². The molecule has 1 fully saturated rings. The first kappa shape index (κ1) is 22.5. The maximum Gasteiger partial charge on any atom is 0.307 e. The van der Waals surface area contributed by atoms with Gasteiger partial charge in [0, 0.05) is 30.9 Å². The number of morpholine rings is 1. The molecule has 0 spiro atoms. The summed E-state index contributed by atoms with van der Waals surface area (Å²) in [4.78, 5) is 46.0. The van der Waals surface area contributed by atoms with E-state index in [0.717, 1.165) is 18.8 Å². The zero-order chi connectivity index (χ0) is 23.2. The van der Waals surface area contributed by atoms with Crippen molar-refractivity contribution in [3.8, 4) is 0 Å². The zero-order valence-electron chi connectivity index (χ0n) is 18.4. The molecule has 1 aromatic heterocycles. The number of esters is 1. The van der Waals surface area contributed by atoms with E-state index in [1.165, 1.54) is 6.92 Å². The second-order valence-corrected chi connectivity index (χ2v) is 7.80. The van der Waals surface area contributed by atoms with Crippen LogP contribution in [-0.2, 0) is 25.5 Å². The third kappa shape index (κ3) is 5.75. The second kappa shape index (κ2) is 10.3. The first-order valence-corrected chi connectivity index (χ1v) is 10.9. The molecule has 2 heterocycles. The van der Waals surface area contributed by atoms with E-state index in [9.17, 15) is 14.4 Å². The van der Waals surface area contributed by atoms with Crippen molar-refractivity contribution in [1.29, 1.82) is 0 Å². The van der Waals surface area contributed by atoms with E-state index >= 15 is 0 Å². The number of aromatic nitrogens is 2. The summed E-state index contributed by atoms with van der Waals surface area (Å²) in [7, 11) is 0. The number of ether oxygens (including phenoxy) is 2. The lowest BCUT2D eigenvalue weighted by Crippen LogP contribution is -2.36. The number of H-pyrrole nitrogens is 1. The van der Waals surface area contributed by atoms with Crippen LogP contribution in [0.4, 0.5) is 11.4 Å². The van der Waals surface area contributed by atoms with Crippen molar-refractivity contribution in [3.63, 3.8) is 0 Å². The van der Waals surface area contributed by atoms with Crippen LogP contribution in [0.2, 0.25) is 0 Å². The highest BCUT2D eigenvalue weighted by Gasteiger charge is 2.19. The average Bonchev–Trinajstić information content (AvgIpc) is 2.84. The molecule has 0 saturated carbocycles. The summed E-state index contributed by atoms with van der Waals surface area (Å²) in [6, 6.07) is 14.5. The Hall–Kier alpha value is -3.72. The third-order valence-corrected chi connectivity index (χ3v) is 5.42. The molecule has 1 aliphatic heterocycles. The smallest absolute Gasteiger partial charge is 0.307 e. The number of amides is 1. The Balaban J connectivity index is 1.27. The number of benzene rings is 2. The van der Waals surface area contributed by atoms with Crippen LogP contribution in [0.15, 0.2) is 53.3 Å². The van der Waals surface area contributed by atoms with Crippen molar-refractivity contribution in [3.05, 3.63) is 64.7 Å². The molecule has 0 aliphatic carbocycles. The van der Waals surface area contributed by atoms with E-state index in [0.29, 0.717) is 35.6 Å². The molecule has 172 valence electrons. The molecule has 0 radical (unpaired) electrons. The molecule has 1 aliphatic rings. The topological polar surface area (TPSA) is 114 Å². The normalized spacial score (nSPS) is 14.6. The Labute approximate surface area is 190 Å². The Morgan fingerprint density at radius 2 is 1.88 bits per heavy atom. The molecule has 9 heteroatoms. The van der Waals surface area contributed by atoms with Gasteiger partial charge in [0.05, 0.1) is 30.5 Å². The number of aryl methyl sites for hydroxylation is 1. The van der Waals surface area contributed by atoms with E-state index in [1.54, 1.807) is 24.3 Å². The van der Waals surface area contributed by atoms with Crippen molar-refractivity contribution in [2.45, 2.75) is 25.9 Å². The van der Waals surface area contributed by atoms with Gasteiger partial charge in [0.25, 0.3) is 11.5 Å². The van der Waals surface area contributed by atoms with Crippen LogP contribution >= 0.6 is 0 Å². The number of fused-ring (bicyclic) bond motifs is 1. The van der Waals surface area contributed by atoms with E-state index < -0.39 is 18.0 Å². The number of rotatable bonds is 7. The summed E-state index contributed by atoms with van der Waals surface area (Å²) in [5.74, 6) is -0.566. The van der Waals surface area contributed by atoms with Crippen LogP contribution in [0.1, 0.15) is 19.2 Å². The van der Waals surface area contributed by atoms with Crippen molar-refractivity contribution in [1.82, 2.24) is 9.97 Å². The van der Waals surface area contributed by atoms with Gasteiger partial charge in [-0.1, -0.05) is 12.1 Å². The maximum atomic E-state index is 12.4. The second-order valence-electron chi connectivity index (χ2n) is 7.80. The number of para-hydroxylation sites is 1. The average molecular weight is 450 g/mol. The van der Waals surface area contributed by atoms with Gasteiger partial charge < -0.3 is 24.7 Å². The highest BCUT2D eigenvalue weighted by molar-refractivity contribution is 5.95. The van der Waals surface area contributed by atoms with Gasteiger partial charge in [-0.2, -0.15) is 0 Å². The lowest BCUT2D eigenvalue weighted by Gasteiger charge is -2.28. The maximum absolute atomic E-state index is 12.4. The molecule has 2 aromatic carbocycles. The Bertz CT molecular complexity index is 1190. The summed E-state index contributed by atoms with van der Waals surface area (Å²) < 4.78 is 10.6. The van der Waals surface area contributed by atoms with Crippen LogP contribution in [0.25, 0.3) is 10.9 Å². The number of carbonyl (C=O) groups is 2. The van der Waals surface area contributed by atoms with Crippen LogP contribution < -0.4 is 15.8 Å². The van der Waals surface area contributed by atoms with Crippen molar-refractivity contribution >= 4 is 34.2 Å². The molecule has 1 amide bonds. The van der Waals surface area contributed by atoms with Gasteiger partial charge in [0.1, 0.15) is 5.82 Å². The van der Waals surface area contributed by atoms with Crippen LogP contribution in [-0.4, -0.2) is 54.3 Å². The molecule has 1 unspecified atom stereocenters. The fourth-order valence-electron chi connectivity index (χ4n) is 3.60. The minimum Gasteiger partial charge on any atom is -0.453 e. The Morgan fingerprint density at radius 3 is 2.64 bits per heavy atom. The van der Waals surface area contributed by atoms with E-state index in [2.05, 4.69) is 20.2 Å². The lowest BCUT2D eigenvalue weighted by atomic mass is 10.2. The molecular formula is C24H26N4O5. The lowest BCUT2D eigenvalue weighted by molar-refractivity contribution is -0.153. The fraction of sp³-hybridized carbons (Fsp3) is 0.333. The highest BCUT2D eigenvalue weighted by atomic mass is 16.5. The minimum atomic E-state index is -0.958. The largest absolute Gasteiger partial charge is 0.453 e. The summed E-state index contributed by atoms with van der Waals surface area (Å²) >= 11 is 0. The molecule has 33 heavy (non-hydrogen) atoms. The van der Waals surface area contributed by atoms with Gasteiger partial charge >= 0.3 is 5.97 Å². The standard InChI is InChI=1S/C24H26N4O5/c1-16(23(30)25-17-6-8-18(9-7-17)28-12-14-32-15-13-28)33-22(29)11-10-21-26-20-5-3-2-4-19(20)24(31)27-21/h2-9,16H,10-15H2,1H3,(H,25,30)(H,26,27,31). The number of hydrogen-bond donors (Lipinski definition) is 2. The predicted octanol–water partition coefficient (Wildman–Crippen LogP) is 2.26. The number of anilines is 2. The van der Waals surface area contributed by atoms with Gasteiger partial charge in [-0.3, -0.25) is 14.4 Å². The summed E-state index contributed by atoms with van der Waals surface area (Å²) in [5.41, 5.74) is 2.00. The molecule has 2 N–H and O–H groups in total. The quantitative estimate of drug-likeness (QED) is 0.531. The third-order valence-electron chi connectivity index (χ3n) is 5.42. The van der Waals surface area contributed by atoms with Crippen molar-refractivity contribution in [2.24, 2.45) is 0 Å². The van der Waals surface area contributed by atoms with Crippen LogP contribution in [0, 0.1) is 0 Å². The molecular weight excluding hydrogens is 424 g/mol. The molecule has 3 aromatic rings. The first-order chi connectivity index (χ1) is 16.0. The van der Waals surface area contributed by atoms with E-state index in [-0.39, 0.29) is 18.4 Å². The summed E-state index contributed by atoms with van der Waals surface area (Å²) in [6.45, 7) is 4.59. The Kier molecular flexibility index (Phi) is 6.99. The van der Waals surface area contributed by atoms with Crippen molar-refractivity contribution < 1.29 is 19.1 Å². The van der Waals surface area contributed by atoms with Gasteiger partial charge in [-0.05, 0) is 43.3 Å². The van der Waals surface area contributed by atoms with Crippen LogP contribution in [0.5, 0.6) is 0 Å². The molecule has 4 rings (SSSR count). The first-order valence-electron chi connectivity index (χ1n) is 10.9. The fourth-order valence-corrected chi connectivity index (χ4v) is 3.60. The number of hydrogen-bond acceptors (Lipinski definition) is 7. The Morgan fingerprint density at radius 1 is 1.15 bits per heavy atom. The minimum absolute atomic E-state index is 0.00680. The molecule has 9 nitrogen and oxygen atoms in total. The van der Waals surface area contributed by atoms with Gasteiger partial charge in [-0.15, -0.1) is 0 Å². The summed E-state index contributed by atoms with van der Waals surface area (Å²) in [5, 5.41) is 3.25. The zero-order valence-corrected chi connectivity index (χ0v) is 18.4. The number of nitrogens with zero attached hydrogens (tertiary/aromatic N) is 2. The molecule has 1 atom stereocenters. The number of aromatic amines is 1. The van der Waals surface area contributed by atoms with E-state index in [4.69, 9.17) is 9.47 Å². The van der Waals surface area contributed by atoms with Gasteiger partial charge in [-0.25, -0.2) is 4.98 Å². The molecule has 1 saturated heterocycles. The van der Waals surface area contributed by atoms with Gasteiger partial charge in [0.15, 0.2) is 6.10 Å². The number of nitrogens with one attached hydrogen (secondary N) is 2. The highest BCUT2D eigenvalue weighted by Crippen LogP contribution is 2.19. The number of carbonyl (C=O) groups excluding carboxylic acids is 2. The SMILES string of the molecule is CC(OC(=O)CCc1nc2ccccc2c(=O)[nH]1)C(=O)Nc1ccc(N2CCOCC2)cc1.